The van der Waals surface area contributed by atoms with Crippen LogP contribution in [0.3, 0.4) is 0 Å². The number of hydrogen-bond acceptors (Lipinski definition) is 8. The average Bonchev–Trinajstić information content (AvgIpc) is 3.65. The Morgan fingerprint density at radius 1 is 1.09 bits per heavy atom. The first-order chi connectivity index (χ1) is 20.8. The topological polar surface area (TPSA) is 98.2 Å². The maximum absolute atomic E-state index is 13.8. The van der Waals surface area contributed by atoms with Crippen LogP contribution in [0.2, 0.25) is 5.02 Å². The molecule has 0 saturated carbocycles. The van der Waals surface area contributed by atoms with Gasteiger partial charge in [-0.2, -0.15) is 0 Å². The Balaban J connectivity index is 1.51. The van der Waals surface area contributed by atoms with Crippen LogP contribution in [0.5, 0.6) is 17.2 Å². The third kappa shape index (κ3) is 5.43. The normalized spacial score (nSPS) is 19.1. The number of thiazole rings is 1. The number of amides is 1. The number of Topliss-reactive ketones (excluding diaryl/α,β-unsaturated/α-hetero) is 1. The van der Waals surface area contributed by atoms with Gasteiger partial charge in [0.25, 0.3) is 5.78 Å². The van der Waals surface area contributed by atoms with Gasteiger partial charge in [-0.1, -0.05) is 42.3 Å². The summed E-state index contributed by atoms with van der Waals surface area (Å²) in [5.74, 6) is -0.0465. The third-order valence-corrected chi connectivity index (χ3v) is 8.75. The SMILES string of the molecule is CCCCOc1ccc(C2C(=C(O)c3ccc4c(c3)CC(C)O4)C(=O)C(=O)N2c2nc3ccc(Cl)cc3s2)cc1OCC. The molecule has 1 fully saturated rings. The Hall–Kier alpha value is -4.08. The number of rotatable bonds is 9. The number of carbonyl (C=O) groups is 2. The number of aromatic nitrogens is 1. The van der Waals surface area contributed by atoms with E-state index in [1.54, 1.807) is 48.5 Å². The first-order valence-electron chi connectivity index (χ1n) is 14.4. The quantitative estimate of drug-likeness (QED) is 0.0899. The summed E-state index contributed by atoms with van der Waals surface area (Å²) in [6, 6.07) is 14.9. The van der Waals surface area contributed by atoms with Crippen molar-refractivity contribution in [3.63, 3.8) is 0 Å². The number of unbranched alkanes of at least 4 members (excludes halogenated alkanes) is 1. The third-order valence-electron chi connectivity index (χ3n) is 7.50. The van der Waals surface area contributed by atoms with Crippen molar-refractivity contribution in [3.05, 3.63) is 81.9 Å². The van der Waals surface area contributed by atoms with Gasteiger partial charge < -0.3 is 19.3 Å². The number of hydrogen-bond donors (Lipinski definition) is 1. The molecule has 1 amide bonds. The molecule has 10 heteroatoms. The average molecular weight is 619 g/mol. The van der Waals surface area contributed by atoms with E-state index in [4.69, 9.17) is 25.8 Å². The number of aliphatic hydroxyl groups is 1. The molecule has 43 heavy (non-hydrogen) atoms. The van der Waals surface area contributed by atoms with Crippen molar-refractivity contribution in [2.24, 2.45) is 0 Å². The molecule has 3 heterocycles. The maximum Gasteiger partial charge on any atom is 0.301 e. The number of anilines is 1. The van der Waals surface area contributed by atoms with Gasteiger partial charge in [0.2, 0.25) is 0 Å². The van der Waals surface area contributed by atoms with Gasteiger partial charge >= 0.3 is 5.91 Å². The van der Waals surface area contributed by atoms with Gasteiger partial charge in [-0.3, -0.25) is 14.5 Å². The summed E-state index contributed by atoms with van der Waals surface area (Å²) in [5, 5.41) is 12.6. The molecule has 0 radical (unpaired) electrons. The zero-order valence-electron chi connectivity index (χ0n) is 24.1. The predicted molar refractivity (Wildman–Crippen MR) is 168 cm³/mol. The molecule has 2 atom stereocenters. The highest BCUT2D eigenvalue weighted by Gasteiger charge is 2.48. The molecule has 1 saturated heterocycles. The molecule has 0 aliphatic carbocycles. The van der Waals surface area contributed by atoms with Gasteiger partial charge in [-0.25, -0.2) is 4.98 Å². The van der Waals surface area contributed by atoms with Crippen LogP contribution >= 0.6 is 22.9 Å². The molecule has 1 aromatic heterocycles. The summed E-state index contributed by atoms with van der Waals surface area (Å²) in [4.78, 5) is 33.6. The van der Waals surface area contributed by atoms with Crippen LogP contribution < -0.4 is 19.1 Å². The van der Waals surface area contributed by atoms with E-state index < -0.39 is 17.7 Å². The van der Waals surface area contributed by atoms with Crippen molar-refractivity contribution in [2.75, 3.05) is 18.1 Å². The predicted octanol–water partition coefficient (Wildman–Crippen LogP) is 7.48. The van der Waals surface area contributed by atoms with Crippen LogP contribution in [0, 0.1) is 0 Å². The second-order valence-electron chi connectivity index (χ2n) is 10.6. The number of benzene rings is 3. The van der Waals surface area contributed by atoms with Crippen molar-refractivity contribution in [1.29, 1.82) is 0 Å². The number of ether oxygens (including phenoxy) is 3. The fourth-order valence-corrected chi connectivity index (χ4v) is 6.74. The van der Waals surface area contributed by atoms with Crippen molar-refractivity contribution < 1.29 is 28.9 Å². The molecular formula is C33H31ClN2O6S. The summed E-state index contributed by atoms with van der Waals surface area (Å²) in [7, 11) is 0. The number of fused-ring (bicyclic) bond motifs is 2. The van der Waals surface area contributed by atoms with Crippen molar-refractivity contribution in [3.8, 4) is 17.2 Å². The summed E-state index contributed by atoms with van der Waals surface area (Å²) < 4.78 is 18.5. The highest BCUT2D eigenvalue weighted by molar-refractivity contribution is 7.22. The largest absolute Gasteiger partial charge is 0.507 e. The maximum atomic E-state index is 13.8. The Kier molecular flexibility index (Phi) is 8.03. The van der Waals surface area contributed by atoms with E-state index in [-0.39, 0.29) is 17.4 Å². The summed E-state index contributed by atoms with van der Waals surface area (Å²) in [5.41, 5.74) is 2.55. The molecule has 222 valence electrons. The standard InChI is InChI=1S/C33H31ClN2O6S/c1-4-6-13-41-25-12-7-19(16-26(25)40-5-2)29-28(30(37)20-8-11-24-21(15-20)14-18(3)42-24)31(38)32(39)36(29)33-35-23-10-9-22(34)17-27(23)43-33/h7-12,15-18,29,37H,4-6,13-14H2,1-3H3. The van der Waals surface area contributed by atoms with Crippen molar-refractivity contribution >= 4 is 55.7 Å². The van der Waals surface area contributed by atoms with E-state index >= 15 is 0 Å². The first-order valence-corrected chi connectivity index (χ1v) is 15.5. The van der Waals surface area contributed by atoms with Gasteiger partial charge in [-0.05, 0) is 79.9 Å². The second kappa shape index (κ2) is 11.9. The number of ketones is 1. The summed E-state index contributed by atoms with van der Waals surface area (Å²) in [6.45, 7) is 6.86. The Morgan fingerprint density at radius 3 is 2.72 bits per heavy atom. The number of nitrogens with zero attached hydrogens (tertiary/aromatic N) is 2. The lowest BCUT2D eigenvalue weighted by molar-refractivity contribution is -0.132. The summed E-state index contributed by atoms with van der Waals surface area (Å²) >= 11 is 7.47. The number of aliphatic hydroxyl groups excluding tert-OH is 1. The molecule has 3 aromatic carbocycles. The van der Waals surface area contributed by atoms with Gasteiger partial charge in [0, 0.05) is 17.0 Å². The smallest absolute Gasteiger partial charge is 0.301 e. The lowest BCUT2D eigenvalue weighted by Gasteiger charge is -2.24. The lowest BCUT2D eigenvalue weighted by Crippen LogP contribution is -2.29. The lowest BCUT2D eigenvalue weighted by atomic mass is 9.94. The van der Waals surface area contributed by atoms with Crippen LogP contribution in [0.1, 0.15) is 56.3 Å². The van der Waals surface area contributed by atoms with Crippen LogP contribution in [0.15, 0.2) is 60.2 Å². The highest BCUT2D eigenvalue weighted by atomic mass is 35.5. The summed E-state index contributed by atoms with van der Waals surface area (Å²) in [6.07, 6.45) is 2.57. The Labute approximate surface area is 258 Å². The first kappa shape index (κ1) is 29.0. The fraction of sp³-hybridized carbons (Fsp3) is 0.303. The molecule has 8 nitrogen and oxygen atoms in total. The molecule has 0 bridgehead atoms. The zero-order chi connectivity index (χ0) is 30.2. The second-order valence-corrected chi connectivity index (χ2v) is 12.0. The van der Waals surface area contributed by atoms with Crippen molar-refractivity contribution in [1.82, 2.24) is 4.98 Å². The van der Waals surface area contributed by atoms with Crippen molar-refractivity contribution in [2.45, 2.75) is 52.2 Å². The Bertz CT molecular complexity index is 1770. The molecule has 0 spiro atoms. The van der Waals surface area contributed by atoms with Gasteiger partial charge in [0.15, 0.2) is 16.6 Å². The Morgan fingerprint density at radius 2 is 1.93 bits per heavy atom. The molecule has 1 N–H and O–H groups in total. The van der Waals surface area contributed by atoms with Gasteiger partial charge in [0.1, 0.15) is 17.6 Å². The van der Waals surface area contributed by atoms with E-state index in [1.807, 2.05) is 19.9 Å². The van der Waals surface area contributed by atoms with Crippen LogP contribution in [-0.2, 0) is 16.0 Å². The van der Waals surface area contributed by atoms with Gasteiger partial charge in [0.05, 0.1) is 35.0 Å². The van der Waals surface area contributed by atoms with E-state index in [2.05, 4.69) is 11.9 Å². The monoisotopic (exact) mass is 618 g/mol. The number of carbonyl (C=O) groups excluding carboxylic acids is 2. The minimum Gasteiger partial charge on any atom is -0.507 e. The minimum atomic E-state index is -0.969. The fourth-order valence-electron chi connectivity index (χ4n) is 5.47. The van der Waals surface area contributed by atoms with E-state index in [1.165, 1.54) is 16.2 Å². The van der Waals surface area contributed by atoms with E-state index in [0.29, 0.717) is 57.9 Å². The number of halogens is 1. The molecule has 2 unspecified atom stereocenters. The minimum absolute atomic E-state index is 0.0144. The zero-order valence-corrected chi connectivity index (χ0v) is 25.6. The molecular weight excluding hydrogens is 588 g/mol. The molecule has 6 rings (SSSR count). The van der Waals surface area contributed by atoms with Crippen LogP contribution in [0.4, 0.5) is 5.13 Å². The van der Waals surface area contributed by atoms with E-state index in [9.17, 15) is 14.7 Å². The highest BCUT2D eigenvalue weighted by Crippen LogP contribution is 2.46. The molecule has 2 aliphatic heterocycles. The molecule has 4 aromatic rings. The van der Waals surface area contributed by atoms with Gasteiger partial charge in [-0.15, -0.1) is 0 Å². The van der Waals surface area contributed by atoms with E-state index in [0.717, 1.165) is 28.9 Å². The molecule has 2 aliphatic rings. The van der Waals surface area contributed by atoms with Crippen LogP contribution in [0.25, 0.3) is 16.0 Å². The van der Waals surface area contributed by atoms with Crippen LogP contribution in [-0.4, -0.2) is 41.1 Å².